The molecule has 0 saturated heterocycles. The number of aliphatic hydroxyl groups is 1. The summed E-state index contributed by atoms with van der Waals surface area (Å²) in [6.45, 7) is 7.34. The van der Waals surface area contributed by atoms with Gasteiger partial charge in [0.25, 0.3) is 0 Å². The van der Waals surface area contributed by atoms with E-state index in [1.54, 1.807) is 6.07 Å². The summed E-state index contributed by atoms with van der Waals surface area (Å²) in [4.78, 5) is 0. The Morgan fingerprint density at radius 2 is 2.00 bits per heavy atom. The van der Waals surface area contributed by atoms with E-state index in [0.29, 0.717) is 28.9 Å². The molecule has 1 aromatic carbocycles. The molecule has 2 heteroatoms. The summed E-state index contributed by atoms with van der Waals surface area (Å²) >= 11 is 0. The number of fused-ring (bicyclic) bond motifs is 3. The van der Waals surface area contributed by atoms with Gasteiger partial charge in [0, 0.05) is 12.5 Å². The third kappa shape index (κ3) is 2.05. The van der Waals surface area contributed by atoms with Crippen molar-refractivity contribution in [1.29, 1.82) is 0 Å². The summed E-state index contributed by atoms with van der Waals surface area (Å²) in [5.41, 5.74) is 2.95. The smallest absolute Gasteiger partial charge is 0.115 e. The van der Waals surface area contributed by atoms with Crippen LogP contribution >= 0.6 is 0 Å². The molecule has 3 rings (SSSR count). The molecule has 1 aromatic rings. The van der Waals surface area contributed by atoms with Crippen molar-refractivity contribution >= 4 is 0 Å². The van der Waals surface area contributed by atoms with Gasteiger partial charge in [0.15, 0.2) is 0 Å². The Morgan fingerprint density at radius 1 is 1.25 bits per heavy atom. The van der Waals surface area contributed by atoms with Gasteiger partial charge in [0.05, 0.1) is 0 Å². The lowest BCUT2D eigenvalue weighted by molar-refractivity contribution is 0.0479. The number of phenols is 1. The molecule has 0 heterocycles. The molecule has 20 heavy (non-hydrogen) atoms. The molecule has 0 radical (unpaired) electrons. The van der Waals surface area contributed by atoms with Crippen molar-refractivity contribution < 1.29 is 10.2 Å². The van der Waals surface area contributed by atoms with Gasteiger partial charge in [-0.1, -0.05) is 26.8 Å². The average Bonchev–Trinajstić information content (AvgIpc) is 2.42. The van der Waals surface area contributed by atoms with Crippen molar-refractivity contribution in [2.45, 2.75) is 51.9 Å². The maximum atomic E-state index is 9.75. The Hall–Kier alpha value is -1.02. The Morgan fingerprint density at radius 3 is 2.70 bits per heavy atom. The minimum absolute atomic E-state index is 0.187. The highest BCUT2D eigenvalue weighted by Crippen LogP contribution is 2.56. The Labute approximate surface area is 121 Å². The average molecular weight is 274 g/mol. The maximum absolute atomic E-state index is 9.75. The molecule has 110 valence electrons. The molecule has 1 saturated carbocycles. The lowest BCUT2D eigenvalue weighted by Crippen LogP contribution is -2.40. The number of benzene rings is 1. The van der Waals surface area contributed by atoms with Gasteiger partial charge in [0.1, 0.15) is 5.75 Å². The molecular formula is C18H26O2. The summed E-state index contributed by atoms with van der Waals surface area (Å²) in [7, 11) is 0. The number of phenolic OH excluding ortho intramolecular Hbond substituents is 1. The summed E-state index contributed by atoms with van der Waals surface area (Å²) in [5.74, 6) is 2.46. The third-order valence-electron chi connectivity index (χ3n) is 6.18. The molecule has 0 aliphatic heterocycles. The molecule has 2 N–H and O–H groups in total. The first-order chi connectivity index (χ1) is 9.44. The van der Waals surface area contributed by atoms with Crippen LogP contribution in [0.25, 0.3) is 0 Å². The predicted octanol–water partition coefficient (Wildman–Crippen LogP) is 4.03. The van der Waals surface area contributed by atoms with Crippen LogP contribution in [0.5, 0.6) is 5.75 Å². The monoisotopic (exact) mass is 274 g/mol. The van der Waals surface area contributed by atoms with E-state index < -0.39 is 0 Å². The zero-order valence-electron chi connectivity index (χ0n) is 12.8. The molecule has 2 nitrogen and oxygen atoms in total. The van der Waals surface area contributed by atoms with Crippen LogP contribution < -0.4 is 0 Å². The number of hydrogen-bond donors (Lipinski definition) is 2. The van der Waals surface area contributed by atoms with Crippen molar-refractivity contribution in [3.63, 3.8) is 0 Å². The van der Waals surface area contributed by atoms with Gasteiger partial charge in [-0.3, -0.25) is 0 Å². The van der Waals surface area contributed by atoms with Crippen LogP contribution in [-0.4, -0.2) is 16.8 Å². The van der Waals surface area contributed by atoms with Gasteiger partial charge >= 0.3 is 0 Å². The van der Waals surface area contributed by atoms with Crippen LogP contribution in [0, 0.1) is 17.3 Å². The van der Waals surface area contributed by atoms with Crippen molar-refractivity contribution in [1.82, 2.24) is 0 Å². The van der Waals surface area contributed by atoms with Crippen LogP contribution in [0.4, 0.5) is 0 Å². The highest BCUT2D eigenvalue weighted by Gasteiger charge is 2.45. The summed E-state index contributed by atoms with van der Waals surface area (Å²) in [5, 5.41) is 19.5. The van der Waals surface area contributed by atoms with Gasteiger partial charge in [-0.05, 0) is 65.7 Å². The fraction of sp³-hybridized carbons (Fsp3) is 0.667. The molecule has 0 bridgehead atoms. The van der Waals surface area contributed by atoms with Gasteiger partial charge in [-0.2, -0.15) is 0 Å². The molecule has 3 unspecified atom stereocenters. The SMILES string of the molecule is CC1C2C[C@H](CO)c3cc(O)ccc3C2CCC1(C)C. The van der Waals surface area contributed by atoms with Crippen LogP contribution in [0.2, 0.25) is 0 Å². The zero-order chi connectivity index (χ0) is 14.5. The summed E-state index contributed by atoms with van der Waals surface area (Å²) < 4.78 is 0. The third-order valence-corrected chi connectivity index (χ3v) is 6.18. The van der Waals surface area contributed by atoms with E-state index in [0.717, 1.165) is 6.42 Å². The van der Waals surface area contributed by atoms with Gasteiger partial charge < -0.3 is 10.2 Å². The van der Waals surface area contributed by atoms with Crippen molar-refractivity contribution in [2.75, 3.05) is 6.61 Å². The molecule has 0 aromatic heterocycles. The number of hydrogen-bond acceptors (Lipinski definition) is 2. The second kappa shape index (κ2) is 4.77. The lowest BCUT2D eigenvalue weighted by Gasteiger charge is -2.51. The molecular weight excluding hydrogens is 248 g/mol. The fourth-order valence-corrected chi connectivity index (χ4v) is 4.53. The summed E-state index contributed by atoms with van der Waals surface area (Å²) in [6.07, 6.45) is 3.56. The van der Waals surface area contributed by atoms with Gasteiger partial charge in [0.2, 0.25) is 0 Å². The largest absolute Gasteiger partial charge is 0.508 e. The van der Waals surface area contributed by atoms with E-state index in [2.05, 4.69) is 26.8 Å². The number of aromatic hydroxyl groups is 1. The minimum Gasteiger partial charge on any atom is -0.508 e. The highest BCUT2D eigenvalue weighted by atomic mass is 16.3. The Bertz CT molecular complexity index is 506. The van der Waals surface area contributed by atoms with Gasteiger partial charge in [-0.15, -0.1) is 0 Å². The standard InChI is InChI=1S/C18H26O2/c1-11-16-8-12(10-19)17-9-13(20)4-5-14(17)15(16)6-7-18(11,2)3/h4-5,9,11-12,15-16,19-20H,6-8,10H2,1-3H3/t11?,12-,15?,16?/m1/s1. The Balaban J connectivity index is 2.03. The van der Waals surface area contributed by atoms with Crippen molar-refractivity contribution in [3.8, 4) is 5.75 Å². The van der Waals surface area contributed by atoms with E-state index in [1.807, 2.05) is 6.07 Å². The van der Waals surface area contributed by atoms with Crippen molar-refractivity contribution in [2.24, 2.45) is 17.3 Å². The highest BCUT2D eigenvalue weighted by molar-refractivity contribution is 5.42. The van der Waals surface area contributed by atoms with Crippen LogP contribution in [-0.2, 0) is 0 Å². The molecule has 2 aliphatic rings. The Kier molecular flexibility index (Phi) is 3.32. The maximum Gasteiger partial charge on any atom is 0.115 e. The molecule has 1 fully saturated rings. The van der Waals surface area contributed by atoms with Gasteiger partial charge in [-0.25, -0.2) is 0 Å². The summed E-state index contributed by atoms with van der Waals surface area (Å²) in [6, 6.07) is 5.77. The van der Waals surface area contributed by atoms with E-state index in [-0.39, 0.29) is 12.5 Å². The van der Waals surface area contributed by atoms with E-state index in [4.69, 9.17) is 0 Å². The molecule has 2 aliphatic carbocycles. The topological polar surface area (TPSA) is 40.5 Å². The first kappa shape index (κ1) is 13.9. The first-order valence-electron chi connectivity index (χ1n) is 7.87. The van der Waals surface area contributed by atoms with E-state index in [1.165, 1.54) is 24.0 Å². The second-order valence-corrected chi connectivity index (χ2v) is 7.51. The molecule has 4 atom stereocenters. The fourth-order valence-electron chi connectivity index (χ4n) is 4.53. The van der Waals surface area contributed by atoms with E-state index >= 15 is 0 Å². The minimum atomic E-state index is 0.187. The van der Waals surface area contributed by atoms with Crippen molar-refractivity contribution in [3.05, 3.63) is 29.3 Å². The van der Waals surface area contributed by atoms with Crippen LogP contribution in [0.15, 0.2) is 18.2 Å². The van der Waals surface area contributed by atoms with Crippen LogP contribution in [0.1, 0.15) is 63.0 Å². The number of aliphatic hydroxyl groups excluding tert-OH is 1. The lowest BCUT2D eigenvalue weighted by atomic mass is 9.54. The van der Waals surface area contributed by atoms with E-state index in [9.17, 15) is 10.2 Å². The van der Waals surface area contributed by atoms with Crippen LogP contribution in [0.3, 0.4) is 0 Å². The first-order valence-corrected chi connectivity index (χ1v) is 7.87. The zero-order valence-corrected chi connectivity index (χ0v) is 12.8. The number of rotatable bonds is 1. The molecule has 0 spiro atoms. The normalized spacial score (nSPS) is 35.2. The second-order valence-electron chi connectivity index (χ2n) is 7.51. The predicted molar refractivity (Wildman–Crippen MR) is 81.0 cm³/mol. The molecule has 0 amide bonds. The quantitative estimate of drug-likeness (QED) is 0.811.